The van der Waals surface area contributed by atoms with Gasteiger partial charge in [-0.25, -0.2) is 0 Å². The van der Waals surface area contributed by atoms with E-state index in [0.717, 1.165) is 32.2 Å². The molecule has 0 spiro atoms. The molecule has 0 radical (unpaired) electrons. The summed E-state index contributed by atoms with van der Waals surface area (Å²) in [5.41, 5.74) is 2.63. The Labute approximate surface area is 101 Å². The van der Waals surface area contributed by atoms with Gasteiger partial charge < -0.3 is 10.0 Å². The SMILES string of the molecule is O=C(O)C1CCC1N1CCCc2ccccc21. The van der Waals surface area contributed by atoms with Crippen LogP contribution in [0.4, 0.5) is 5.69 Å². The van der Waals surface area contributed by atoms with E-state index < -0.39 is 5.97 Å². The number of benzene rings is 1. The van der Waals surface area contributed by atoms with Gasteiger partial charge in [0.25, 0.3) is 0 Å². The van der Waals surface area contributed by atoms with Crippen molar-refractivity contribution in [3.05, 3.63) is 29.8 Å². The van der Waals surface area contributed by atoms with E-state index in [-0.39, 0.29) is 12.0 Å². The molecule has 0 saturated heterocycles. The minimum atomic E-state index is -0.635. The molecule has 1 fully saturated rings. The average molecular weight is 231 g/mol. The molecule has 2 aliphatic rings. The summed E-state index contributed by atoms with van der Waals surface area (Å²) in [6.07, 6.45) is 4.11. The fourth-order valence-corrected chi connectivity index (χ4v) is 3.05. The number of carboxylic acids is 1. The third kappa shape index (κ3) is 1.70. The van der Waals surface area contributed by atoms with Gasteiger partial charge >= 0.3 is 5.97 Å². The summed E-state index contributed by atoms with van der Waals surface area (Å²) in [6, 6.07) is 8.62. The molecular formula is C14H17NO2. The molecule has 0 amide bonds. The van der Waals surface area contributed by atoms with Crippen molar-refractivity contribution < 1.29 is 9.90 Å². The van der Waals surface area contributed by atoms with Crippen molar-refractivity contribution in [1.82, 2.24) is 0 Å². The normalized spacial score (nSPS) is 27.2. The van der Waals surface area contributed by atoms with Crippen molar-refractivity contribution in [2.75, 3.05) is 11.4 Å². The lowest BCUT2D eigenvalue weighted by Gasteiger charge is -2.46. The number of rotatable bonds is 2. The molecule has 1 saturated carbocycles. The van der Waals surface area contributed by atoms with Crippen LogP contribution in [0.5, 0.6) is 0 Å². The summed E-state index contributed by atoms with van der Waals surface area (Å²) in [4.78, 5) is 13.4. The third-order valence-corrected chi connectivity index (χ3v) is 4.10. The molecular weight excluding hydrogens is 214 g/mol. The molecule has 1 aromatic rings. The minimum absolute atomic E-state index is 0.166. The molecule has 0 bridgehead atoms. The zero-order chi connectivity index (χ0) is 11.8. The number of carbonyl (C=O) groups is 1. The molecule has 90 valence electrons. The van der Waals surface area contributed by atoms with Gasteiger partial charge in [-0.1, -0.05) is 18.2 Å². The van der Waals surface area contributed by atoms with Gasteiger partial charge in [0.1, 0.15) is 0 Å². The zero-order valence-electron chi connectivity index (χ0n) is 9.80. The van der Waals surface area contributed by atoms with Gasteiger partial charge in [0.15, 0.2) is 0 Å². The number of aryl methyl sites for hydroxylation is 1. The van der Waals surface area contributed by atoms with Crippen molar-refractivity contribution >= 4 is 11.7 Å². The number of hydrogen-bond acceptors (Lipinski definition) is 2. The van der Waals surface area contributed by atoms with Crippen molar-refractivity contribution in [2.45, 2.75) is 31.7 Å². The van der Waals surface area contributed by atoms with Crippen molar-refractivity contribution in [2.24, 2.45) is 5.92 Å². The van der Waals surface area contributed by atoms with Gasteiger partial charge in [-0.15, -0.1) is 0 Å². The third-order valence-electron chi connectivity index (χ3n) is 4.10. The van der Waals surface area contributed by atoms with Gasteiger partial charge in [0.2, 0.25) is 0 Å². The fraction of sp³-hybridized carbons (Fsp3) is 0.500. The highest BCUT2D eigenvalue weighted by Crippen LogP contribution is 2.38. The number of hydrogen-bond donors (Lipinski definition) is 1. The van der Waals surface area contributed by atoms with Crippen LogP contribution in [0.25, 0.3) is 0 Å². The number of para-hydroxylation sites is 1. The molecule has 3 rings (SSSR count). The Bertz CT molecular complexity index is 444. The van der Waals surface area contributed by atoms with Crippen LogP contribution in [-0.4, -0.2) is 23.7 Å². The van der Waals surface area contributed by atoms with Crippen LogP contribution in [0.3, 0.4) is 0 Å². The summed E-state index contributed by atoms with van der Waals surface area (Å²) in [7, 11) is 0. The molecule has 1 aromatic carbocycles. The monoisotopic (exact) mass is 231 g/mol. The summed E-state index contributed by atoms with van der Waals surface area (Å²) < 4.78 is 0. The van der Waals surface area contributed by atoms with E-state index in [1.807, 2.05) is 6.07 Å². The quantitative estimate of drug-likeness (QED) is 0.849. The van der Waals surface area contributed by atoms with E-state index in [1.54, 1.807) is 0 Å². The fourth-order valence-electron chi connectivity index (χ4n) is 3.05. The number of anilines is 1. The van der Waals surface area contributed by atoms with E-state index in [0.29, 0.717) is 0 Å². The lowest BCUT2D eigenvalue weighted by Crippen LogP contribution is -2.52. The molecule has 1 aliphatic heterocycles. The van der Waals surface area contributed by atoms with E-state index in [2.05, 4.69) is 23.1 Å². The summed E-state index contributed by atoms with van der Waals surface area (Å²) >= 11 is 0. The molecule has 2 atom stereocenters. The topological polar surface area (TPSA) is 40.5 Å². The minimum Gasteiger partial charge on any atom is -0.481 e. The maximum atomic E-state index is 11.1. The van der Waals surface area contributed by atoms with Gasteiger partial charge in [-0.3, -0.25) is 4.79 Å². The first-order valence-electron chi connectivity index (χ1n) is 6.35. The average Bonchev–Trinajstić information content (AvgIpc) is 2.27. The van der Waals surface area contributed by atoms with Crippen LogP contribution in [0.15, 0.2) is 24.3 Å². The highest BCUT2D eigenvalue weighted by molar-refractivity contribution is 5.73. The second-order valence-corrected chi connectivity index (χ2v) is 5.02. The summed E-state index contributed by atoms with van der Waals surface area (Å²) in [5, 5.41) is 9.16. The molecule has 3 nitrogen and oxygen atoms in total. The van der Waals surface area contributed by atoms with Gasteiger partial charge in [0, 0.05) is 18.3 Å². The van der Waals surface area contributed by atoms with Crippen LogP contribution in [-0.2, 0) is 11.2 Å². The first-order valence-corrected chi connectivity index (χ1v) is 6.35. The highest BCUT2D eigenvalue weighted by atomic mass is 16.4. The smallest absolute Gasteiger partial charge is 0.308 e. The van der Waals surface area contributed by atoms with Crippen LogP contribution < -0.4 is 4.90 Å². The van der Waals surface area contributed by atoms with E-state index in [4.69, 9.17) is 5.11 Å². The standard InChI is InChI=1S/C14H17NO2/c16-14(17)11-7-8-13(11)15-9-3-5-10-4-1-2-6-12(10)15/h1-2,4,6,11,13H,3,5,7-9H2,(H,16,17). The van der Waals surface area contributed by atoms with Crippen molar-refractivity contribution in [3.8, 4) is 0 Å². The lowest BCUT2D eigenvalue weighted by atomic mass is 9.77. The highest BCUT2D eigenvalue weighted by Gasteiger charge is 2.41. The Morgan fingerprint density at radius 2 is 2.12 bits per heavy atom. The van der Waals surface area contributed by atoms with Gasteiger partial charge in [0.05, 0.1) is 5.92 Å². The molecule has 2 unspecified atom stereocenters. The number of carboxylic acid groups (broad SMARTS) is 1. The van der Waals surface area contributed by atoms with Crippen molar-refractivity contribution in [3.63, 3.8) is 0 Å². The molecule has 17 heavy (non-hydrogen) atoms. The van der Waals surface area contributed by atoms with E-state index in [9.17, 15) is 4.79 Å². The van der Waals surface area contributed by atoms with Gasteiger partial charge in [-0.2, -0.15) is 0 Å². The Morgan fingerprint density at radius 3 is 2.82 bits per heavy atom. The second-order valence-electron chi connectivity index (χ2n) is 5.02. The first kappa shape index (κ1) is 10.6. The second kappa shape index (κ2) is 4.06. The molecule has 0 aromatic heterocycles. The predicted octanol–water partition coefficient (Wildman–Crippen LogP) is 2.30. The summed E-state index contributed by atoms with van der Waals surface area (Å²) in [6.45, 7) is 1.01. The number of nitrogens with zero attached hydrogens (tertiary/aromatic N) is 1. The van der Waals surface area contributed by atoms with Crippen LogP contribution >= 0.6 is 0 Å². The Morgan fingerprint density at radius 1 is 1.29 bits per heavy atom. The summed E-state index contributed by atoms with van der Waals surface area (Å²) in [5.74, 6) is -0.800. The van der Waals surface area contributed by atoms with Crippen LogP contribution in [0, 0.1) is 5.92 Å². The largest absolute Gasteiger partial charge is 0.481 e. The van der Waals surface area contributed by atoms with Crippen LogP contribution in [0.2, 0.25) is 0 Å². The molecule has 1 aliphatic carbocycles. The zero-order valence-corrected chi connectivity index (χ0v) is 9.80. The Hall–Kier alpha value is -1.51. The van der Waals surface area contributed by atoms with Crippen LogP contribution in [0.1, 0.15) is 24.8 Å². The molecule has 3 heteroatoms. The number of aliphatic carboxylic acids is 1. The van der Waals surface area contributed by atoms with Crippen molar-refractivity contribution in [1.29, 1.82) is 0 Å². The lowest BCUT2D eigenvalue weighted by molar-refractivity contribution is -0.145. The maximum Gasteiger partial charge on any atom is 0.308 e. The Balaban J connectivity index is 1.88. The van der Waals surface area contributed by atoms with Gasteiger partial charge in [-0.05, 0) is 37.3 Å². The maximum absolute atomic E-state index is 11.1. The molecule has 1 heterocycles. The molecule has 1 N–H and O–H groups in total. The Kier molecular flexibility index (Phi) is 2.54. The number of fused-ring (bicyclic) bond motifs is 1. The first-order chi connectivity index (χ1) is 8.27. The van der Waals surface area contributed by atoms with E-state index >= 15 is 0 Å². The van der Waals surface area contributed by atoms with E-state index in [1.165, 1.54) is 11.3 Å². The predicted molar refractivity (Wildman–Crippen MR) is 66.3 cm³/mol.